The van der Waals surface area contributed by atoms with Crippen LogP contribution < -0.4 is 5.32 Å². The maximum atomic E-state index is 13.4. The fraction of sp³-hybridized carbons (Fsp3) is 0.625. The summed E-state index contributed by atoms with van der Waals surface area (Å²) in [5.74, 6) is 0.395. The van der Waals surface area contributed by atoms with Gasteiger partial charge in [-0.3, -0.25) is 0 Å². The van der Waals surface area contributed by atoms with Crippen LogP contribution in [0.15, 0.2) is 18.2 Å². The normalized spacial score (nSPS) is 21.3. The van der Waals surface area contributed by atoms with Crippen molar-refractivity contribution in [1.82, 2.24) is 5.32 Å². The minimum atomic E-state index is -0.143. The van der Waals surface area contributed by atoms with Crippen LogP contribution in [0.2, 0.25) is 0 Å². The van der Waals surface area contributed by atoms with Crippen molar-refractivity contribution in [3.05, 3.63) is 35.1 Å². The van der Waals surface area contributed by atoms with Crippen molar-refractivity contribution in [2.24, 2.45) is 5.92 Å². The molecule has 1 saturated heterocycles. The Labute approximate surface area is 115 Å². The third kappa shape index (κ3) is 4.02. The molecule has 19 heavy (non-hydrogen) atoms. The first kappa shape index (κ1) is 14.5. The average molecular weight is 265 g/mol. The lowest BCUT2D eigenvalue weighted by molar-refractivity contribution is 0.0395. The summed E-state index contributed by atoms with van der Waals surface area (Å²) in [6, 6.07) is 5.45. The van der Waals surface area contributed by atoms with Crippen molar-refractivity contribution in [3.63, 3.8) is 0 Å². The summed E-state index contributed by atoms with van der Waals surface area (Å²) in [4.78, 5) is 0. The predicted molar refractivity (Wildman–Crippen MR) is 75.8 cm³/mol. The third-order valence-electron chi connectivity index (χ3n) is 3.98. The molecule has 0 aromatic heterocycles. The molecule has 1 aliphatic heterocycles. The van der Waals surface area contributed by atoms with Gasteiger partial charge in [0.25, 0.3) is 0 Å². The lowest BCUT2D eigenvalue weighted by atomic mass is 9.88. The SMILES string of the molecule is CCNC(Cc1cc(F)ccc1C)C1CCCOC1. The summed E-state index contributed by atoms with van der Waals surface area (Å²) in [6.07, 6.45) is 3.21. The first-order valence-corrected chi connectivity index (χ1v) is 7.27. The minimum Gasteiger partial charge on any atom is -0.381 e. The average Bonchev–Trinajstić information content (AvgIpc) is 2.43. The van der Waals surface area contributed by atoms with Crippen LogP contribution in [0.25, 0.3) is 0 Å². The highest BCUT2D eigenvalue weighted by atomic mass is 19.1. The van der Waals surface area contributed by atoms with Crippen LogP contribution in [0.5, 0.6) is 0 Å². The highest BCUT2D eigenvalue weighted by Gasteiger charge is 2.24. The second-order valence-corrected chi connectivity index (χ2v) is 5.42. The Morgan fingerprint density at radius 3 is 3.00 bits per heavy atom. The van der Waals surface area contributed by atoms with E-state index in [0.29, 0.717) is 12.0 Å². The number of rotatable bonds is 5. The molecule has 0 saturated carbocycles. The van der Waals surface area contributed by atoms with Gasteiger partial charge in [0.05, 0.1) is 6.61 Å². The molecule has 0 spiro atoms. The van der Waals surface area contributed by atoms with Gasteiger partial charge in [0.15, 0.2) is 0 Å². The number of ether oxygens (including phenoxy) is 1. The van der Waals surface area contributed by atoms with Crippen LogP contribution >= 0.6 is 0 Å². The van der Waals surface area contributed by atoms with Gasteiger partial charge in [-0.25, -0.2) is 4.39 Å². The van der Waals surface area contributed by atoms with Crippen LogP contribution in [-0.2, 0) is 11.2 Å². The highest BCUT2D eigenvalue weighted by Crippen LogP contribution is 2.22. The molecular formula is C16H24FNO. The molecule has 1 fully saturated rings. The van der Waals surface area contributed by atoms with Gasteiger partial charge in [0.1, 0.15) is 5.82 Å². The molecule has 2 unspecified atom stereocenters. The monoisotopic (exact) mass is 265 g/mol. The van der Waals surface area contributed by atoms with Crippen molar-refractivity contribution in [2.45, 2.75) is 39.2 Å². The van der Waals surface area contributed by atoms with Crippen molar-refractivity contribution < 1.29 is 9.13 Å². The topological polar surface area (TPSA) is 21.3 Å². The Morgan fingerprint density at radius 1 is 1.47 bits per heavy atom. The molecule has 2 atom stereocenters. The number of aryl methyl sites for hydroxylation is 1. The molecule has 0 radical (unpaired) electrons. The van der Waals surface area contributed by atoms with Gasteiger partial charge in [-0.1, -0.05) is 13.0 Å². The molecule has 1 heterocycles. The van der Waals surface area contributed by atoms with E-state index in [1.54, 1.807) is 6.07 Å². The Bertz CT molecular complexity index is 402. The maximum absolute atomic E-state index is 13.4. The zero-order chi connectivity index (χ0) is 13.7. The number of nitrogens with one attached hydrogen (secondary N) is 1. The summed E-state index contributed by atoms with van der Waals surface area (Å²) in [5, 5.41) is 3.55. The molecule has 1 aromatic carbocycles. The lowest BCUT2D eigenvalue weighted by Gasteiger charge is -2.31. The van der Waals surface area contributed by atoms with Crippen molar-refractivity contribution in [3.8, 4) is 0 Å². The first-order chi connectivity index (χ1) is 9.20. The van der Waals surface area contributed by atoms with E-state index < -0.39 is 0 Å². The molecular weight excluding hydrogens is 241 g/mol. The van der Waals surface area contributed by atoms with Crippen LogP contribution in [0.3, 0.4) is 0 Å². The van der Waals surface area contributed by atoms with Gasteiger partial charge >= 0.3 is 0 Å². The second kappa shape index (κ2) is 7.01. The number of hydrogen-bond donors (Lipinski definition) is 1. The molecule has 2 nitrogen and oxygen atoms in total. The predicted octanol–water partition coefficient (Wildman–Crippen LogP) is 3.08. The summed E-state index contributed by atoms with van der Waals surface area (Å²) in [5.41, 5.74) is 2.28. The van der Waals surface area contributed by atoms with Crippen molar-refractivity contribution >= 4 is 0 Å². The van der Waals surface area contributed by atoms with Gasteiger partial charge in [0.2, 0.25) is 0 Å². The van der Waals surface area contributed by atoms with Crippen molar-refractivity contribution in [2.75, 3.05) is 19.8 Å². The van der Waals surface area contributed by atoms with Gasteiger partial charge in [0, 0.05) is 12.6 Å². The van der Waals surface area contributed by atoms with Crippen LogP contribution in [0, 0.1) is 18.7 Å². The van der Waals surface area contributed by atoms with E-state index in [1.165, 1.54) is 18.1 Å². The maximum Gasteiger partial charge on any atom is 0.123 e. The zero-order valence-corrected chi connectivity index (χ0v) is 11.9. The van der Waals surface area contributed by atoms with E-state index in [9.17, 15) is 4.39 Å². The van der Waals surface area contributed by atoms with Gasteiger partial charge in [-0.2, -0.15) is 0 Å². The first-order valence-electron chi connectivity index (χ1n) is 7.27. The molecule has 1 N–H and O–H groups in total. The quantitative estimate of drug-likeness (QED) is 0.883. The van der Waals surface area contributed by atoms with E-state index in [1.807, 2.05) is 6.07 Å². The molecule has 0 amide bonds. The van der Waals surface area contributed by atoms with E-state index in [2.05, 4.69) is 19.2 Å². The fourth-order valence-electron chi connectivity index (χ4n) is 2.85. The highest BCUT2D eigenvalue weighted by molar-refractivity contribution is 5.27. The molecule has 3 heteroatoms. The second-order valence-electron chi connectivity index (χ2n) is 5.42. The van der Waals surface area contributed by atoms with Crippen LogP contribution in [-0.4, -0.2) is 25.8 Å². The Balaban J connectivity index is 2.08. The lowest BCUT2D eigenvalue weighted by Crippen LogP contribution is -2.41. The summed E-state index contributed by atoms with van der Waals surface area (Å²) in [7, 11) is 0. The van der Waals surface area contributed by atoms with Gasteiger partial charge in [-0.15, -0.1) is 0 Å². The number of hydrogen-bond acceptors (Lipinski definition) is 2. The van der Waals surface area contributed by atoms with Crippen LogP contribution in [0.1, 0.15) is 30.9 Å². The van der Waals surface area contributed by atoms with Gasteiger partial charge < -0.3 is 10.1 Å². The largest absolute Gasteiger partial charge is 0.381 e. The molecule has 1 aromatic rings. The fourth-order valence-corrected chi connectivity index (χ4v) is 2.85. The van der Waals surface area contributed by atoms with E-state index >= 15 is 0 Å². The van der Waals surface area contributed by atoms with Gasteiger partial charge in [-0.05, 0) is 61.9 Å². The van der Waals surface area contributed by atoms with E-state index in [-0.39, 0.29) is 5.82 Å². The summed E-state index contributed by atoms with van der Waals surface area (Å²) >= 11 is 0. The van der Waals surface area contributed by atoms with Crippen LogP contribution in [0.4, 0.5) is 4.39 Å². The Kier molecular flexibility index (Phi) is 5.34. The molecule has 0 aliphatic carbocycles. The summed E-state index contributed by atoms with van der Waals surface area (Å²) < 4.78 is 19.0. The molecule has 2 rings (SSSR count). The zero-order valence-electron chi connectivity index (χ0n) is 11.9. The standard InChI is InChI=1S/C16H24FNO/c1-3-18-16(13-5-4-8-19-11-13)10-14-9-15(17)7-6-12(14)2/h6-7,9,13,16,18H,3-5,8,10-11H2,1-2H3. The van der Waals surface area contributed by atoms with E-state index in [0.717, 1.165) is 38.2 Å². The molecule has 106 valence electrons. The minimum absolute atomic E-state index is 0.143. The number of likely N-dealkylation sites (N-methyl/N-ethyl adjacent to an activating group) is 1. The smallest absolute Gasteiger partial charge is 0.123 e. The molecule has 1 aliphatic rings. The van der Waals surface area contributed by atoms with E-state index in [4.69, 9.17) is 4.74 Å². The number of benzene rings is 1. The Hall–Kier alpha value is -0.930. The van der Waals surface area contributed by atoms with Crippen molar-refractivity contribution in [1.29, 1.82) is 0 Å². The number of halogens is 1. The molecule has 0 bridgehead atoms. The third-order valence-corrected chi connectivity index (χ3v) is 3.98. The summed E-state index contributed by atoms with van der Waals surface area (Å²) in [6.45, 7) is 6.82. The Morgan fingerprint density at radius 2 is 2.32 bits per heavy atom.